The van der Waals surface area contributed by atoms with Crippen molar-refractivity contribution in [2.24, 2.45) is 5.92 Å². The Balaban J connectivity index is 3.57. The Labute approximate surface area is 66.5 Å². The third kappa shape index (κ3) is 3.72. The zero-order chi connectivity index (χ0) is 8.15. The Kier molecular flexibility index (Phi) is 4.45. The van der Waals surface area contributed by atoms with E-state index in [-0.39, 0.29) is 18.0 Å². The standard InChI is InChI=1S/C7H13ClO2/c1-5(2)6(3)10-7(9)4-8/h5-6H,4H2,1-3H3/t6-/m1/s1. The van der Waals surface area contributed by atoms with Gasteiger partial charge in [-0.05, 0) is 12.8 Å². The molecule has 0 saturated heterocycles. The molecular formula is C7H13ClO2. The predicted octanol–water partition coefficient (Wildman–Crippen LogP) is 1.81. The molecular weight excluding hydrogens is 152 g/mol. The Morgan fingerprint density at radius 2 is 2.00 bits per heavy atom. The minimum Gasteiger partial charge on any atom is -0.462 e. The fourth-order valence-electron chi connectivity index (χ4n) is 0.375. The van der Waals surface area contributed by atoms with Gasteiger partial charge in [-0.2, -0.15) is 0 Å². The van der Waals surface area contributed by atoms with E-state index in [1.807, 2.05) is 20.8 Å². The third-order valence-electron chi connectivity index (χ3n) is 1.37. The van der Waals surface area contributed by atoms with Crippen molar-refractivity contribution in [1.29, 1.82) is 0 Å². The molecule has 3 heteroatoms. The first-order valence-electron chi connectivity index (χ1n) is 3.33. The molecule has 0 saturated carbocycles. The molecule has 2 nitrogen and oxygen atoms in total. The number of hydrogen-bond acceptors (Lipinski definition) is 2. The van der Waals surface area contributed by atoms with Gasteiger partial charge in [0.1, 0.15) is 12.0 Å². The van der Waals surface area contributed by atoms with Gasteiger partial charge in [0.15, 0.2) is 0 Å². The lowest BCUT2D eigenvalue weighted by molar-refractivity contribution is -0.146. The van der Waals surface area contributed by atoms with Crippen molar-refractivity contribution < 1.29 is 9.53 Å². The molecule has 0 bridgehead atoms. The first-order valence-corrected chi connectivity index (χ1v) is 3.86. The van der Waals surface area contributed by atoms with E-state index in [4.69, 9.17) is 16.3 Å². The lowest BCUT2D eigenvalue weighted by Crippen LogP contribution is -2.20. The van der Waals surface area contributed by atoms with Crippen molar-refractivity contribution in [3.63, 3.8) is 0 Å². The average Bonchev–Trinajstić information content (AvgIpc) is 1.87. The number of carbonyl (C=O) groups excluding carboxylic acids is 1. The number of esters is 1. The molecule has 0 aromatic rings. The van der Waals surface area contributed by atoms with Crippen LogP contribution in [0.3, 0.4) is 0 Å². The van der Waals surface area contributed by atoms with Crippen LogP contribution in [-0.2, 0) is 9.53 Å². The van der Waals surface area contributed by atoms with Gasteiger partial charge in [-0.25, -0.2) is 0 Å². The molecule has 0 aliphatic rings. The lowest BCUT2D eigenvalue weighted by atomic mass is 10.1. The van der Waals surface area contributed by atoms with Gasteiger partial charge in [0.25, 0.3) is 0 Å². The highest BCUT2D eigenvalue weighted by molar-refractivity contribution is 6.26. The molecule has 0 aromatic heterocycles. The smallest absolute Gasteiger partial charge is 0.321 e. The van der Waals surface area contributed by atoms with E-state index in [0.29, 0.717) is 5.92 Å². The van der Waals surface area contributed by atoms with Crippen LogP contribution in [-0.4, -0.2) is 18.0 Å². The molecule has 0 radical (unpaired) electrons. The number of halogens is 1. The number of hydrogen-bond donors (Lipinski definition) is 0. The summed E-state index contributed by atoms with van der Waals surface area (Å²) in [6, 6.07) is 0. The van der Waals surface area contributed by atoms with Gasteiger partial charge in [0, 0.05) is 0 Å². The Morgan fingerprint density at radius 3 is 2.30 bits per heavy atom. The number of ether oxygens (including phenoxy) is 1. The molecule has 0 aliphatic heterocycles. The first-order chi connectivity index (χ1) is 4.57. The quantitative estimate of drug-likeness (QED) is 0.470. The van der Waals surface area contributed by atoms with E-state index in [2.05, 4.69) is 0 Å². The number of rotatable bonds is 3. The van der Waals surface area contributed by atoms with E-state index in [1.54, 1.807) is 0 Å². The Morgan fingerprint density at radius 1 is 1.50 bits per heavy atom. The maximum absolute atomic E-state index is 10.6. The van der Waals surface area contributed by atoms with Crippen LogP contribution < -0.4 is 0 Å². The van der Waals surface area contributed by atoms with Gasteiger partial charge in [-0.3, -0.25) is 4.79 Å². The molecule has 0 unspecified atom stereocenters. The monoisotopic (exact) mass is 164 g/mol. The molecule has 10 heavy (non-hydrogen) atoms. The van der Waals surface area contributed by atoms with Crippen molar-refractivity contribution in [3.8, 4) is 0 Å². The molecule has 0 amide bonds. The van der Waals surface area contributed by atoms with Crippen LogP contribution in [0.5, 0.6) is 0 Å². The summed E-state index contributed by atoms with van der Waals surface area (Å²) < 4.78 is 4.89. The van der Waals surface area contributed by atoms with Crippen molar-refractivity contribution in [3.05, 3.63) is 0 Å². The zero-order valence-electron chi connectivity index (χ0n) is 6.56. The molecule has 0 N–H and O–H groups in total. The van der Waals surface area contributed by atoms with Crippen LogP contribution in [0.25, 0.3) is 0 Å². The van der Waals surface area contributed by atoms with Crippen LogP contribution >= 0.6 is 11.6 Å². The first kappa shape index (κ1) is 9.76. The zero-order valence-corrected chi connectivity index (χ0v) is 7.31. The Bertz CT molecular complexity index is 112. The minimum absolute atomic E-state index is 0.0359. The van der Waals surface area contributed by atoms with Crippen molar-refractivity contribution in [2.45, 2.75) is 26.9 Å². The second kappa shape index (κ2) is 4.56. The molecule has 0 spiro atoms. The summed E-state index contributed by atoms with van der Waals surface area (Å²) >= 11 is 5.23. The molecule has 0 heterocycles. The number of alkyl halides is 1. The van der Waals surface area contributed by atoms with E-state index in [1.165, 1.54) is 0 Å². The predicted molar refractivity (Wildman–Crippen MR) is 41.1 cm³/mol. The van der Waals surface area contributed by atoms with Crippen LogP contribution in [0, 0.1) is 5.92 Å². The molecule has 0 aliphatic carbocycles. The van der Waals surface area contributed by atoms with Crippen molar-refractivity contribution in [1.82, 2.24) is 0 Å². The molecule has 0 rings (SSSR count). The van der Waals surface area contributed by atoms with Crippen LogP contribution in [0.15, 0.2) is 0 Å². The van der Waals surface area contributed by atoms with Gasteiger partial charge in [0.2, 0.25) is 0 Å². The van der Waals surface area contributed by atoms with E-state index < -0.39 is 0 Å². The maximum Gasteiger partial charge on any atom is 0.321 e. The van der Waals surface area contributed by atoms with Crippen LogP contribution in [0.2, 0.25) is 0 Å². The lowest BCUT2D eigenvalue weighted by Gasteiger charge is -2.15. The van der Waals surface area contributed by atoms with Crippen molar-refractivity contribution >= 4 is 17.6 Å². The summed E-state index contributed by atoms with van der Waals surface area (Å²) in [5.74, 6) is -0.0492. The SMILES string of the molecule is CC(C)[C@@H](C)OC(=O)CCl. The molecule has 1 atom stereocenters. The van der Waals surface area contributed by atoms with E-state index >= 15 is 0 Å². The summed E-state index contributed by atoms with van der Waals surface area (Å²) in [6.07, 6.45) is -0.0359. The van der Waals surface area contributed by atoms with E-state index in [0.717, 1.165) is 0 Å². The van der Waals surface area contributed by atoms with Gasteiger partial charge < -0.3 is 4.74 Å². The summed E-state index contributed by atoms with van der Waals surface area (Å²) in [6.45, 7) is 5.84. The normalized spacial score (nSPS) is 13.3. The molecule has 60 valence electrons. The third-order valence-corrected chi connectivity index (χ3v) is 1.58. The minimum atomic E-state index is -0.345. The highest BCUT2D eigenvalue weighted by atomic mass is 35.5. The summed E-state index contributed by atoms with van der Waals surface area (Å²) in [5.41, 5.74) is 0. The second-order valence-electron chi connectivity index (χ2n) is 2.57. The van der Waals surface area contributed by atoms with Crippen LogP contribution in [0.1, 0.15) is 20.8 Å². The van der Waals surface area contributed by atoms with Crippen molar-refractivity contribution in [2.75, 3.05) is 5.88 Å². The van der Waals surface area contributed by atoms with Gasteiger partial charge >= 0.3 is 5.97 Å². The molecule has 0 fully saturated rings. The van der Waals surface area contributed by atoms with Gasteiger partial charge in [-0.1, -0.05) is 13.8 Å². The largest absolute Gasteiger partial charge is 0.462 e. The second-order valence-corrected chi connectivity index (χ2v) is 2.84. The topological polar surface area (TPSA) is 26.3 Å². The molecule has 0 aromatic carbocycles. The summed E-state index contributed by atoms with van der Waals surface area (Å²) in [4.78, 5) is 10.6. The summed E-state index contributed by atoms with van der Waals surface area (Å²) in [5, 5.41) is 0. The fraction of sp³-hybridized carbons (Fsp3) is 0.857. The maximum atomic E-state index is 10.6. The average molecular weight is 165 g/mol. The Hall–Kier alpha value is -0.240. The van der Waals surface area contributed by atoms with Crippen LogP contribution in [0.4, 0.5) is 0 Å². The van der Waals surface area contributed by atoms with Gasteiger partial charge in [-0.15, -0.1) is 11.6 Å². The highest BCUT2D eigenvalue weighted by Gasteiger charge is 2.10. The summed E-state index contributed by atoms with van der Waals surface area (Å²) in [7, 11) is 0. The highest BCUT2D eigenvalue weighted by Crippen LogP contribution is 2.05. The fourth-order valence-corrected chi connectivity index (χ4v) is 0.438. The number of carbonyl (C=O) groups is 1. The van der Waals surface area contributed by atoms with Gasteiger partial charge in [0.05, 0.1) is 0 Å². The van der Waals surface area contributed by atoms with E-state index in [9.17, 15) is 4.79 Å².